The highest BCUT2D eigenvalue weighted by molar-refractivity contribution is 5.82. The molecule has 130 valence electrons. The summed E-state index contributed by atoms with van der Waals surface area (Å²) < 4.78 is 5.63. The molecule has 0 radical (unpaired) electrons. The largest absolute Gasteiger partial charge is 0.504 e. The zero-order chi connectivity index (χ0) is 17.5. The van der Waals surface area contributed by atoms with Crippen LogP contribution in [0, 0.1) is 12.8 Å². The molecule has 24 heavy (non-hydrogen) atoms. The molecule has 0 amide bonds. The summed E-state index contributed by atoms with van der Waals surface area (Å²) >= 11 is 0. The number of carbonyl (C=O) groups excluding carboxylic acids is 1. The van der Waals surface area contributed by atoms with Crippen LogP contribution in [0.3, 0.4) is 0 Å². The molecule has 3 unspecified atom stereocenters. The molecule has 2 fully saturated rings. The number of aryl methyl sites for hydroxylation is 1. The molecule has 1 aromatic carbocycles. The van der Waals surface area contributed by atoms with E-state index in [9.17, 15) is 9.90 Å². The molecule has 1 saturated heterocycles. The highest BCUT2D eigenvalue weighted by atomic mass is 16.5. The fraction of sp³-hybridized carbons (Fsp3) is 0.550. The quantitative estimate of drug-likeness (QED) is 0.862. The number of hydrogen-bond acceptors (Lipinski definition) is 4. The second-order valence-electron chi connectivity index (χ2n) is 7.38. The number of ketones is 1. The van der Waals surface area contributed by atoms with Crippen LogP contribution in [0.5, 0.6) is 11.5 Å². The lowest BCUT2D eigenvalue weighted by molar-refractivity contribution is -0.126. The minimum absolute atomic E-state index is 0.119. The van der Waals surface area contributed by atoms with Gasteiger partial charge in [0.1, 0.15) is 5.78 Å². The van der Waals surface area contributed by atoms with Gasteiger partial charge < -0.3 is 14.7 Å². The third-order valence-electron chi connectivity index (χ3n) is 6.19. The topological polar surface area (TPSA) is 49.8 Å². The molecule has 1 aliphatic carbocycles. The SMILES string of the molecule is C=COc1c(O)ccc(C)c1C12CCN(C)C(C)C1CCC(=O)C2. The van der Waals surface area contributed by atoms with Crippen molar-refractivity contribution in [1.82, 2.24) is 4.90 Å². The van der Waals surface area contributed by atoms with E-state index in [0.717, 1.165) is 30.5 Å². The van der Waals surface area contributed by atoms with Gasteiger partial charge >= 0.3 is 0 Å². The molecule has 3 atom stereocenters. The first-order valence-electron chi connectivity index (χ1n) is 8.73. The van der Waals surface area contributed by atoms with Gasteiger partial charge in [-0.25, -0.2) is 0 Å². The van der Waals surface area contributed by atoms with Crippen LogP contribution in [-0.2, 0) is 10.2 Å². The number of nitrogens with zero attached hydrogens (tertiary/aromatic N) is 1. The van der Waals surface area contributed by atoms with Gasteiger partial charge in [-0.1, -0.05) is 12.6 Å². The van der Waals surface area contributed by atoms with Crippen LogP contribution < -0.4 is 4.74 Å². The molecule has 1 aliphatic heterocycles. The van der Waals surface area contributed by atoms with Crippen LogP contribution in [0.25, 0.3) is 0 Å². The molecule has 1 aromatic rings. The van der Waals surface area contributed by atoms with Crippen molar-refractivity contribution >= 4 is 5.78 Å². The van der Waals surface area contributed by atoms with Gasteiger partial charge in [-0.15, -0.1) is 0 Å². The monoisotopic (exact) mass is 329 g/mol. The Morgan fingerprint density at radius 2 is 2.21 bits per heavy atom. The average Bonchev–Trinajstić information content (AvgIpc) is 2.55. The molecule has 4 heteroatoms. The molecule has 4 nitrogen and oxygen atoms in total. The maximum atomic E-state index is 12.4. The first kappa shape index (κ1) is 17.0. The Labute approximate surface area is 144 Å². The Morgan fingerprint density at radius 1 is 1.46 bits per heavy atom. The van der Waals surface area contributed by atoms with Crippen molar-refractivity contribution in [2.24, 2.45) is 5.92 Å². The normalized spacial score (nSPS) is 30.7. The summed E-state index contributed by atoms with van der Waals surface area (Å²) in [5, 5.41) is 10.4. The van der Waals surface area contributed by atoms with Gasteiger partial charge in [0.25, 0.3) is 0 Å². The molecule has 0 aromatic heterocycles. The van der Waals surface area contributed by atoms with Crippen molar-refractivity contribution in [3.8, 4) is 11.5 Å². The number of aromatic hydroxyl groups is 1. The van der Waals surface area contributed by atoms with Gasteiger partial charge in [-0.3, -0.25) is 4.79 Å². The van der Waals surface area contributed by atoms with Gasteiger partial charge in [0.2, 0.25) is 0 Å². The van der Waals surface area contributed by atoms with Gasteiger partial charge in [0.05, 0.1) is 6.26 Å². The first-order chi connectivity index (χ1) is 11.4. The number of benzene rings is 1. The van der Waals surface area contributed by atoms with E-state index >= 15 is 0 Å². The van der Waals surface area contributed by atoms with Gasteiger partial charge in [-0.05, 0) is 57.8 Å². The Bertz CT molecular complexity index is 669. The Hall–Kier alpha value is -1.81. The second kappa shape index (κ2) is 6.25. The van der Waals surface area contributed by atoms with Gasteiger partial charge in [-0.2, -0.15) is 0 Å². The van der Waals surface area contributed by atoms with E-state index in [4.69, 9.17) is 4.74 Å². The third-order valence-corrected chi connectivity index (χ3v) is 6.19. The molecular weight excluding hydrogens is 302 g/mol. The summed E-state index contributed by atoms with van der Waals surface area (Å²) in [5.41, 5.74) is 1.81. The zero-order valence-electron chi connectivity index (χ0n) is 14.8. The number of phenols is 1. The Kier molecular flexibility index (Phi) is 4.43. The van der Waals surface area contributed by atoms with Crippen LogP contribution in [0.1, 0.15) is 43.7 Å². The second-order valence-corrected chi connectivity index (χ2v) is 7.38. The minimum Gasteiger partial charge on any atom is -0.504 e. The number of likely N-dealkylation sites (tertiary alicyclic amines) is 1. The smallest absolute Gasteiger partial charge is 0.172 e. The van der Waals surface area contributed by atoms with Crippen LogP contribution in [-0.4, -0.2) is 35.4 Å². The number of piperidine rings is 1. The number of Topliss-reactive ketones (excluding diaryl/α,β-unsaturated/α-hetero) is 1. The summed E-state index contributed by atoms with van der Waals surface area (Å²) in [6.45, 7) is 8.88. The average molecular weight is 329 g/mol. The lowest BCUT2D eigenvalue weighted by Gasteiger charge is -2.54. The molecule has 1 N–H and O–H groups in total. The molecule has 1 saturated carbocycles. The summed E-state index contributed by atoms with van der Waals surface area (Å²) in [5.74, 6) is 1.28. The van der Waals surface area contributed by atoms with Crippen molar-refractivity contribution in [3.63, 3.8) is 0 Å². The van der Waals surface area contributed by atoms with E-state index in [-0.39, 0.29) is 11.2 Å². The van der Waals surface area contributed by atoms with E-state index in [1.54, 1.807) is 6.07 Å². The van der Waals surface area contributed by atoms with Crippen LogP contribution in [0.15, 0.2) is 25.0 Å². The third kappa shape index (κ3) is 2.53. The highest BCUT2D eigenvalue weighted by Gasteiger charge is 2.52. The predicted octanol–water partition coefficient (Wildman–Crippen LogP) is 3.55. The lowest BCUT2D eigenvalue weighted by atomic mass is 9.56. The van der Waals surface area contributed by atoms with E-state index in [1.165, 1.54) is 6.26 Å². The Balaban J connectivity index is 2.22. The van der Waals surface area contributed by atoms with Crippen LogP contribution in [0.4, 0.5) is 0 Å². The fourth-order valence-electron chi connectivity index (χ4n) is 4.92. The summed E-state index contributed by atoms with van der Waals surface area (Å²) in [6.07, 6.45) is 4.34. The number of hydrogen-bond donors (Lipinski definition) is 1. The Morgan fingerprint density at radius 3 is 2.92 bits per heavy atom. The fourth-order valence-corrected chi connectivity index (χ4v) is 4.92. The highest BCUT2D eigenvalue weighted by Crippen LogP contribution is 2.54. The molecule has 2 aliphatic rings. The van der Waals surface area contributed by atoms with E-state index in [2.05, 4.69) is 25.5 Å². The van der Waals surface area contributed by atoms with Crippen molar-refractivity contribution in [2.45, 2.75) is 51.0 Å². The van der Waals surface area contributed by atoms with Gasteiger partial charge in [0, 0.05) is 29.9 Å². The van der Waals surface area contributed by atoms with E-state index < -0.39 is 0 Å². The molecule has 1 heterocycles. The van der Waals surface area contributed by atoms with Crippen molar-refractivity contribution in [1.29, 1.82) is 0 Å². The maximum absolute atomic E-state index is 12.4. The number of fused-ring (bicyclic) bond motifs is 1. The predicted molar refractivity (Wildman–Crippen MR) is 94.4 cm³/mol. The van der Waals surface area contributed by atoms with Crippen LogP contribution >= 0.6 is 0 Å². The lowest BCUT2D eigenvalue weighted by Crippen LogP contribution is -2.56. The zero-order valence-corrected chi connectivity index (χ0v) is 14.8. The van der Waals surface area contributed by atoms with Crippen LogP contribution in [0.2, 0.25) is 0 Å². The number of rotatable bonds is 3. The van der Waals surface area contributed by atoms with Crippen molar-refractivity contribution in [2.75, 3.05) is 13.6 Å². The van der Waals surface area contributed by atoms with E-state index in [1.807, 2.05) is 13.0 Å². The number of ether oxygens (including phenoxy) is 1. The number of phenolic OH excluding ortho intramolecular Hbond substituents is 1. The summed E-state index contributed by atoms with van der Waals surface area (Å²) in [6, 6.07) is 3.98. The maximum Gasteiger partial charge on any atom is 0.172 e. The first-order valence-corrected chi connectivity index (χ1v) is 8.73. The molecule has 3 rings (SSSR count). The minimum atomic E-state index is -0.261. The van der Waals surface area contributed by atoms with E-state index in [0.29, 0.717) is 36.3 Å². The van der Waals surface area contributed by atoms with Crippen molar-refractivity contribution < 1.29 is 14.6 Å². The van der Waals surface area contributed by atoms with Gasteiger partial charge in [0.15, 0.2) is 11.5 Å². The van der Waals surface area contributed by atoms with Crippen molar-refractivity contribution in [3.05, 3.63) is 36.1 Å². The summed E-state index contributed by atoms with van der Waals surface area (Å²) in [4.78, 5) is 14.8. The number of carbonyl (C=O) groups is 1. The molecule has 0 spiro atoms. The molecular formula is C20H27NO3. The summed E-state index contributed by atoms with van der Waals surface area (Å²) in [7, 11) is 2.15. The standard InChI is InChI=1S/C20H27NO3/c1-5-24-19-17(23)9-6-13(2)18(19)20-10-11-21(4)14(3)16(20)8-7-15(22)12-20/h5-6,9,14,16,23H,1,7-8,10-12H2,2-4H3. The molecule has 0 bridgehead atoms.